The van der Waals surface area contributed by atoms with Gasteiger partial charge in [-0.3, -0.25) is 0 Å². The van der Waals surface area contributed by atoms with Crippen LogP contribution in [0, 0.1) is 0 Å². The van der Waals surface area contributed by atoms with Crippen molar-refractivity contribution in [1.29, 1.82) is 0 Å². The third-order valence-electron chi connectivity index (χ3n) is 2.11. The van der Waals surface area contributed by atoms with Gasteiger partial charge in [0.15, 0.2) is 11.5 Å². The van der Waals surface area contributed by atoms with E-state index in [9.17, 15) is 5.11 Å². The Kier molecular flexibility index (Phi) is 4.18. The molecule has 0 fully saturated rings. The molecule has 82 valence electrons. The van der Waals surface area contributed by atoms with Gasteiger partial charge in [-0.15, -0.1) is 0 Å². The first-order chi connectivity index (χ1) is 7.19. The number of ether oxygens (including phenoxy) is 1. The maximum Gasteiger partial charge on any atom is 0.161 e. The number of rotatable bonds is 5. The second-order valence-corrected chi connectivity index (χ2v) is 3.26. The van der Waals surface area contributed by atoms with Gasteiger partial charge < -0.3 is 15.6 Å². The number of aromatic hydroxyl groups is 1. The third kappa shape index (κ3) is 2.99. The molecule has 15 heavy (non-hydrogen) atoms. The molecular weight excluding hydrogens is 190 g/mol. The molecule has 0 radical (unpaired) electrons. The van der Waals surface area contributed by atoms with E-state index in [2.05, 4.69) is 6.58 Å². The first kappa shape index (κ1) is 11.6. The zero-order valence-corrected chi connectivity index (χ0v) is 8.99. The van der Waals surface area contributed by atoms with E-state index in [0.29, 0.717) is 18.9 Å². The van der Waals surface area contributed by atoms with Crippen LogP contribution < -0.4 is 10.5 Å². The SMILES string of the molecule is C=C(CCN)c1ccc(O)c(OCC)c1. The first-order valence-electron chi connectivity index (χ1n) is 5.03. The highest BCUT2D eigenvalue weighted by molar-refractivity contribution is 5.66. The van der Waals surface area contributed by atoms with E-state index < -0.39 is 0 Å². The monoisotopic (exact) mass is 207 g/mol. The summed E-state index contributed by atoms with van der Waals surface area (Å²) < 4.78 is 5.28. The Hall–Kier alpha value is -1.48. The molecule has 0 spiro atoms. The molecule has 0 bridgehead atoms. The highest BCUT2D eigenvalue weighted by Gasteiger charge is 2.05. The molecule has 0 aromatic heterocycles. The number of nitrogens with two attached hydrogens (primary N) is 1. The molecular formula is C12H17NO2. The second kappa shape index (κ2) is 5.41. The Morgan fingerprint density at radius 1 is 1.53 bits per heavy atom. The van der Waals surface area contributed by atoms with Crippen molar-refractivity contribution < 1.29 is 9.84 Å². The molecule has 0 amide bonds. The topological polar surface area (TPSA) is 55.5 Å². The van der Waals surface area contributed by atoms with Gasteiger partial charge in [-0.05, 0) is 43.2 Å². The molecule has 0 heterocycles. The van der Waals surface area contributed by atoms with Gasteiger partial charge in [-0.25, -0.2) is 0 Å². The lowest BCUT2D eigenvalue weighted by atomic mass is 10.0. The van der Waals surface area contributed by atoms with Crippen LogP contribution in [0.25, 0.3) is 5.57 Å². The number of hydrogen-bond donors (Lipinski definition) is 2. The summed E-state index contributed by atoms with van der Waals surface area (Å²) in [6.07, 6.45) is 0.746. The molecule has 3 nitrogen and oxygen atoms in total. The predicted octanol–water partition coefficient (Wildman–Crippen LogP) is 2.15. The van der Waals surface area contributed by atoms with Crippen LogP contribution in [0.5, 0.6) is 11.5 Å². The minimum atomic E-state index is 0.154. The van der Waals surface area contributed by atoms with E-state index in [1.54, 1.807) is 12.1 Å². The van der Waals surface area contributed by atoms with Crippen molar-refractivity contribution in [1.82, 2.24) is 0 Å². The fourth-order valence-electron chi connectivity index (χ4n) is 1.32. The van der Waals surface area contributed by atoms with Crippen molar-refractivity contribution in [3.63, 3.8) is 0 Å². The third-order valence-corrected chi connectivity index (χ3v) is 2.11. The Bertz CT molecular complexity index is 347. The van der Waals surface area contributed by atoms with Crippen LogP contribution in [0.1, 0.15) is 18.9 Å². The first-order valence-corrected chi connectivity index (χ1v) is 5.03. The van der Waals surface area contributed by atoms with Gasteiger partial charge in [0.1, 0.15) is 0 Å². The van der Waals surface area contributed by atoms with Gasteiger partial charge >= 0.3 is 0 Å². The normalized spacial score (nSPS) is 10.0. The van der Waals surface area contributed by atoms with Crippen molar-refractivity contribution in [3.05, 3.63) is 30.3 Å². The maximum absolute atomic E-state index is 9.50. The Morgan fingerprint density at radius 3 is 2.87 bits per heavy atom. The molecule has 1 rings (SSSR count). The average molecular weight is 207 g/mol. The lowest BCUT2D eigenvalue weighted by Gasteiger charge is -2.09. The highest BCUT2D eigenvalue weighted by atomic mass is 16.5. The summed E-state index contributed by atoms with van der Waals surface area (Å²) in [5, 5.41) is 9.50. The van der Waals surface area contributed by atoms with E-state index in [0.717, 1.165) is 17.6 Å². The molecule has 0 saturated heterocycles. The van der Waals surface area contributed by atoms with Crippen LogP contribution in [-0.4, -0.2) is 18.3 Å². The molecule has 0 unspecified atom stereocenters. The van der Waals surface area contributed by atoms with Crippen molar-refractivity contribution in [2.24, 2.45) is 5.73 Å². The lowest BCUT2D eigenvalue weighted by Crippen LogP contribution is -1.99. The molecule has 1 aromatic carbocycles. The lowest BCUT2D eigenvalue weighted by molar-refractivity contribution is 0.318. The number of hydrogen-bond acceptors (Lipinski definition) is 3. The van der Waals surface area contributed by atoms with Crippen molar-refractivity contribution in [2.45, 2.75) is 13.3 Å². The summed E-state index contributed by atoms with van der Waals surface area (Å²) in [7, 11) is 0. The quantitative estimate of drug-likeness (QED) is 0.777. The zero-order chi connectivity index (χ0) is 11.3. The molecule has 3 N–H and O–H groups in total. The highest BCUT2D eigenvalue weighted by Crippen LogP contribution is 2.29. The van der Waals surface area contributed by atoms with Crippen LogP contribution in [0.3, 0.4) is 0 Å². The van der Waals surface area contributed by atoms with E-state index in [4.69, 9.17) is 10.5 Å². The van der Waals surface area contributed by atoms with Crippen LogP contribution in [0.4, 0.5) is 0 Å². The molecule has 0 aliphatic heterocycles. The van der Waals surface area contributed by atoms with Crippen LogP contribution >= 0.6 is 0 Å². The summed E-state index contributed by atoms with van der Waals surface area (Å²) in [5.41, 5.74) is 7.37. The van der Waals surface area contributed by atoms with Gasteiger partial charge in [0.05, 0.1) is 6.61 Å². The molecule has 0 aliphatic carbocycles. The summed E-state index contributed by atoms with van der Waals surface area (Å²) >= 11 is 0. The van der Waals surface area contributed by atoms with E-state index in [1.165, 1.54) is 0 Å². The van der Waals surface area contributed by atoms with E-state index in [1.807, 2.05) is 13.0 Å². The van der Waals surface area contributed by atoms with Crippen LogP contribution in [0.2, 0.25) is 0 Å². The van der Waals surface area contributed by atoms with E-state index in [-0.39, 0.29) is 5.75 Å². The van der Waals surface area contributed by atoms with Crippen molar-refractivity contribution in [3.8, 4) is 11.5 Å². The average Bonchev–Trinajstić information content (AvgIpc) is 2.22. The summed E-state index contributed by atoms with van der Waals surface area (Å²) in [6, 6.07) is 5.22. The molecule has 1 aromatic rings. The predicted molar refractivity (Wildman–Crippen MR) is 62.0 cm³/mol. The number of benzene rings is 1. The molecule has 3 heteroatoms. The largest absolute Gasteiger partial charge is 0.504 e. The van der Waals surface area contributed by atoms with Gasteiger partial charge in [0.25, 0.3) is 0 Å². The minimum absolute atomic E-state index is 0.154. The van der Waals surface area contributed by atoms with E-state index >= 15 is 0 Å². The summed E-state index contributed by atoms with van der Waals surface area (Å²) in [6.45, 7) is 6.91. The summed E-state index contributed by atoms with van der Waals surface area (Å²) in [4.78, 5) is 0. The van der Waals surface area contributed by atoms with Crippen molar-refractivity contribution in [2.75, 3.05) is 13.2 Å². The smallest absolute Gasteiger partial charge is 0.161 e. The number of phenols is 1. The fraction of sp³-hybridized carbons (Fsp3) is 0.333. The van der Waals surface area contributed by atoms with Crippen LogP contribution in [0.15, 0.2) is 24.8 Å². The molecule has 0 aliphatic rings. The van der Waals surface area contributed by atoms with Crippen molar-refractivity contribution >= 4 is 5.57 Å². The minimum Gasteiger partial charge on any atom is -0.504 e. The van der Waals surface area contributed by atoms with Crippen LogP contribution in [-0.2, 0) is 0 Å². The summed E-state index contributed by atoms with van der Waals surface area (Å²) in [5.74, 6) is 0.648. The second-order valence-electron chi connectivity index (χ2n) is 3.26. The molecule has 0 saturated carbocycles. The maximum atomic E-state index is 9.50. The zero-order valence-electron chi connectivity index (χ0n) is 8.99. The fourth-order valence-corrected chi connectivity index (χ4v) is 1.32. The standard InChI is InChI=1S/C12H17NO2/c1-3-15-12-8-10(4-5-11(12)14)9(2)6-7-13/h4-5,8,14H,2-3,6-7,13H2,1H3. The van der Waals surface area contributed by atoms with Gasteiger partial charge in [0.2, 0.25) is 0 Å². The van der Waals surface area contributed by atoms with Gasteiger partial charge in [-0.1, -0.05) is 12.6 Å². The molecule has 0 atom stereocenters. The number of phenolic OH excluding ortho intramolecular Hbond substituents is 1. The Labute approximate surface area is 90.2 Å². The van der Waals surface area contributed by atoms with Gasteiger partial charge in [0, 0.05) is 0 Å². The Morgan fingerprint density at radius 2 is 2.27 bits per heavy atom. The van der Waals surface area contributed by atoms with Gasteiger partial charge in [-0.2, -0.15) is 0 Å². The Balaban J connectivity index is 2.91.